The highest BCUT2D eigenvalue weighted by Crippen LogP contribution is 2.23. The molecule has 1 saturated heterocycles. The molecule has 2 aromatic heterocycles. The smallest absolute Gasteiger partial charge is 0.258 e. The van der Waals surface area contributed by atoms with Crippen LogP contribution in [-0.4, -0.2) is 52.7 Å². The summed E-state index contributed by atoms with van der Waals surface area (Å²) < 4.78 is 1.60. The molecule has 0 atom stereocenters. The number of aromatic nitrogens is 3. The first kappa shape index (κ1) is 23.7. The summed E-state index contributed by atoms with van der Waals surface area (Å²) in [6.45, 7) is 4.18. The molecule has 2 aromatic carbocycles. The van der Waals surface area contributed by atoms with E-state index in [1.807, 2.05) is 42.5 Å². The molecule has 9 heteroatoms. The minimum atomic E-state index is -0.187. The van der Waals surface area contributed by atoms with Crippen molar-refractivity contribution in [2.45, 2.75) is 0 Å². The van der Waals surface area contributed by atoms with Gasteiger partial charge >= 0.3 is 0 Å². The first-order valence-corrected chi connectivity index (χ1v) is 14.6. The zero-order valence-corrected chi connectivity index (χ0v) is 22.1. The van der Waals surface area contributed by atoms with E-state index in [4.69, 9.17) is 4.98 Å². The van der Waals surface area contributed by atoms with Crippen molar-refractivity contribution in [3.05, 3.63) is 82.8 Å². The number of nitrogens with one attached hydrogen (secondary N) is 1. The summed E-state index contributed by atoms with van der Waals surface area (Å²) in [4.78, 5) is 27.1. The molecule has 5 rings (SSSR count). The topological polar surface area (TPSA) is 66.3 Å². The summed E-state index contributed by atoms with van der Waals surface area (Å²) in [7, 11) is 3.52. The Morgan fingerprint density at radius 1 is 1.00 bits per heavy atom. The summed E-state index contributed by atoms with van der Waals surface area (Å²) >= 11 is 2.11. The van der Waals surface area contributed by atoms with E-state index in [2.05, 4.69) is 71.7 Å². The Hall–Kier alpha value is -3.07. The van der Waals surface area contributed by atoms with Crippen molar-refractivity contribution in [2.24, 2.45) is 0 Å². The van der Waals surface area contributed by atoms with E-state index in [-0.39, 0.29) is 5.56 Å². The van der Waals surface area contributed by atoms with Gasteiger partial charge in [-0.25, -0.2) is 4.98 Å². The zero-order valence-electron chi connectivity index (χ0n) is 19.1. The Balaban J connectivity index is 1.50. The summed E-state index contributed by atoms with van der Waals surface area (Å²) in [6.07, 6.45) is 1.73. The fourth-order valence-corrected chi connectivity index (χ4v) is 4.60. The lowest BCUT2D eigenvalue weighted by Gasteiger charge is -2.34. The number of piperazine rings is 1. The number of para-hydroxylation sites is 1. The van der Waals surface area contributed by atoms with Crippen molar-refractivity contribution >= 4 is 58.5 Å². The van der Waals surface area contributed by atoms with Crippen molar-refractivity contribution in [2.75, 3.05) is 43.4 Å². The van der Waals surface area contributed by atoms with Gasteiger partial charge in [0.2, 0.25) is 5.95 Å². The monoisotopic (exact) mass is 594 g/mol. The SMILES string of the molecule is CN1CCN(c2ccc(Nc3ncc4c(C#CSI)cc(=O)n(-c5ccccc5)c4n3)cc2)CC1. The Kier molecular flexibility index (Phi) is 7.22. The molecule has 0 aliphatic carbocycles. The Bertz CT molecular complexity index is 1460. The molecule has 1 N–H and O–H groups in total. The molecule has 4 aromatic rings. The van der Waals surface area contributed by atoms with Gasteiger partial charge in [0, 0.05) is 76.6 Å². The van der Waals surface area contributed by atoms with Gasteiger partial charge in [-0.05, 0) is 57.6 Å². The van der Waals surface area contributed by atoms with Crippen LogP contribution in [0.5, 0.6) is 0 Å². The van der Waals surface area contributed by atoms with Crippen LogP contribution < -0.4 is 15.8 Å². The van der Waals surface area contributed by atoms with Crippen LogP contribution in [-0.2, 0) is 0 Å². The second-order valence-corrected chi connectivity index (χ2v) is 9.94. The van der Waals surface area contributed by atoms with Crippen molar-refractivity contribution in [1.29, 1.82) is 0 Å². The Morgan fingerprint density at radius 2 is 1.74 bits per heavy atom. The van der Waals surface area contributed by atoms with Gasteiger partial charge in [-0.15, -0.1) is 0 Å². The van der Waals surface area contributed by atoms with E-state index in [0.29, 0.717) is 17.2 Å². The molecule has 176 valence electrons. The first-order valence-electron chi connectivity index (χ1n) is 11.2. The first-order chi connectivity index (χ1) is 17.1. The molecule has 0 unspecified atom stereocenters. The van der Waals surface area contributed by atoms with Crippen LogP contribution in [0.2, 0.25) is 0 Å². The molecular weight excluding hydrogens is 571 g/mol. The van der Waals surface area contributed by atoms with Crippen LogP contribution in [0, 0.1) is 11.2 Å². The van der Waals surface area contributed by atoms with Crippen LogP contribution in [0.3, 0.4) is 0 Å². The van der Waals surface area contributed by atoms with Gasteiger partial charge in [-0.2, -0.15) is 4.98 Å². The quantitative estimate of drug-likeness (QED) is 0.272. The van der Waals surface area contributed by atoms with Gasteiger partial charge in [-0.3, -0.25) is 9.36 Å². The number of likely N-dealkylation sites (N-methyl/N-ethyl adjacent to an activating group) is 1. The molecule has 0 saturated carbocycles. The number of halogens is 1. The largest absolute Gasteiger partial charge is 0.369 e. The van der Waals surface area contributed by atoms with E-state index >= 15 is 0 Å². The molecule has 0 radical (unpaired) electrons. The number of pyridine rings is 1. The highest BCUT2D eigenvalue weighted by atomic mass is 127. The van der Waals surface area contributed by atoms with Crippen molar-refractivity contribution in [1.82, 2.24) is 19.4 Å². The summed E-state index contributed by atoms with van der Waals surface area (Å²) in [5.41, 5.74) is 3.77. The van der Waals surface area contributed by atoms with Gasteiger partial charge < -0.3 is 15.1 Å². The minimum absolute atomic E-state index is 0.187. The molecule has 7 nitrogen and oxygen atoms in total. The predicted octanol–water partition coefficient (Wildman–Crippen LogP) is 4.67. The minimum Gasteiger partial charge on any atom is -0.369 e. The molecule has 1 fully saturated rings. The predicted molar refractivity (Wildman–Crippen MR) is 153 cm³/mol. The maximum atomic E-state index is 13.1. The number of rotatable bonds is 4. The second kappa shape index (κ2) is 10.7. The van der Waals surface area contributed by atoms with Gasteiger partial charge in [0.15, 0.2) is 5.65 Å². The lowest BCUT2D eigenvalue weighted by molar-refractivity contribution is 0.313. The maximum absolute atomic E-state index is 13.1. The summed E-state index contributed by atoms with van der Waals surface area (Å²) in [5.74, 6) is 3.47. The standard InChI is InChI=1S/C26H23IN6OS/c1-31-12-14-32(15-13-31)21-9-7-20(8-10-21)29-26-28-18-23-19(11-16-35-27)17-24(34)33(25(23)30-26)22-5-3-2-4-6-22/h2-10,17-18H,12-15H2,1H3,(H,28,29,30). The second-order valence-electron chi connectivity index (χ2n) is 8.26. The van der Waals surface area contributed by atoms with Crippen LogP contribution in [0.25, 0.3) is 16.7 Å². The summed E-state index contributed by atoms with van der Waals surface area (Å²) in [5, 5.41) is 6.97. The average Bonchev–Trinajstić information content (AvgIpc) is 2.89. The molecule has 0 spiro atoms. The fourth-order valence-electron chi connectivity index (χ4n) is 4.12. The van der Waals surface area contributed by atoms with E-state index in [1.54, 1.807) is 16.8 Å². The van der Waals surface area contributed by atoms with Crippen LogP contribution >= 0.6 is 30.1 Å². The van der Waals surface area contributed by atoms with Gasteiger partial charge in [-0.1, -0.05) is 24.1 Å². The molecule has 0 amide bonds. The zero-order chi connectivity index (χ0) is 24.2. The lowest BCUT2D eigenvalue weighted by Crippen LogP contribution is -2.44. The molecule has 1 aliphatic rings. The fraction of sp³-hybridized carbons (Fsp3) is 0.192. The number of hydrogen-bond donors (Lipinski definition) is 1. The van der Waals surface area contributed by atoms with Crippen molar-refractivity contribution in [3.8, 4) is 16.9 Å². The number of anilines is 3. The molecule has 0 bridgehead atoms. The number of nitrogens with zero attached hydrogens (tertiary/aromatic N) is 5. The van der Waals surface area contributed by atoms with E-state index in [1.165, 1.54) is 14.6 Å². The van der Waals surface area contributed by atoms with Crippen molar-refractivity contribution < 1.29 is 0 Å². The lowest BCUT2D eigenvalue weighted by atomic mass is 10.2. The third kappa shape index (κ3) is 5.29. The van der Waals surface area contributed by atoms with E-state index < -0.39 is 0 Å². The highest BCUT2D eigenvalue weighted by Gasteiger charge is 2.15. The number of fused-ring (bicyclic) bond motifs is 1. The average molecular weight is 594 g/mol. The maximum Gasteiger partial charge on any atom is 0.258 e. The van der Waals surface area contributed by atoms with E-state index in [9.17, 15) is 4.79 Å². The molecule has 3 heterocycles. The van der Waals surface area contributed by atoms with Gasteiger partial charge in [0.1, 0.15) is 0 Å². The number of hydrogen-bond acceptors (Lipinski definition) is 7. The normalized spacial score (nSPS) is 13.9. The molecular formula is C26H23IN6OS. The van der Waals surface area contributed by atoms with Crippen LogP contribution in [0.4, 0.5) is 17.3 Å². The van der Waals surface area contributed by atoms with Crippen molar-refractivity contribution in [3.63, 3.8) is 0 Å². The summed E-state index contributed by atoms with van der Waals surface area (Å²) in [6, 6.07) is 19.3. The highest BCUT2D eigenvalue weighted by molar-refractivity contribution is 14.2. The number of benzene rings is 2. The third-order valence-electron chi connectivity index (χ3n) is 5.99. The molecule has 1 aliphatic heterocycles. The van der Waals surface area contributed by atoms with Gasteiger partial charge in [0.25, 0.3) is 5.56 Å². The van der Waals surface area contributed by atoms with Crippen LogP contribution in [0.15, 0.2) is 71.7 Å². The van der Waals surface area contributed by atoms with E-state index in [0.717, 1.165) is 42.9 Å². The molecule has 35 heavy (non-hydrogen) atoms. The Morgan fingerprint density at radius 3 is 2.46 bits per heavy atom. The third-order valence-corrected chi connectivity index (χ3v) is 6.83. The Labute approximate surface area is 220 Å². The van der Waals surface area contributed by atoms with Gasteiger partial charge in [0.05, 0.1) is 11.1 Å². The van der Waals surface area contributed by atoms with Crippen LogP contribution in [0.1, 0.15) is 5.56 Å².